The minimum Gasteiger partial charge on any atom is -0.353 e. The third-order valence-electron chi connectivity index (χ3n) is 5.13. The Balaban J connectivity index is 4.42. The predicted octanol–water partition coefficient (Wildman–Crippen LogP) is 3.35. The van der Waals surface area contributed by atoms with Crippen LogP contribution >= 0.6 is 0 Å². The van der Waals surface area contributed by atoms with E-state index < -0.39 is 0 Å². The number of rotatable bonds is 18. The van der Waals surface area contributed by atoms with Gasteiger partial charge in [0, 0.05) is 13.2 Å². The highest BCUT2D eigenvalue weighted by Gasteiger charge is 2.20. The van der Waals surface area contributed by atoms with Gasteiger partial charge in [-0.2, -0.15) is 0 Å². The predicted molar refractivity (Wildman–Crippen MR) is 108 cm³/mol. The molecular weight excluding hydrogens is 314 g/mol. The van der Waals surface area contributed by atoms with E-state index in [1.165, 1.54) is 38.5 Å². The van der Waals surface area contributed by atoms with Crippen molar-refractivity contribution in [2.45, 2.75) is 78.2 Å². The van der Waals surface area contributed by atoms with Gasteiger partial charge in [-0.15, -0.1) is 0 Å². The molecule has 0 aromatic heterocycles. The normalized spacial score (nSPS) is 14.4. The molecule has 0 spiro atoms. The summed E-state index contributed by atoms with van der Waals surface area (Å²) >= 11 is 0. The van der Waals surface area contributed by atoms with Crippen LogP contribution in [0, 0.1) is 11.8 Å². The van der Waals surface area contributed by atoms with Crippen LogP contribution in [0.25, 0.3) is 0 Å². The van der Waals surface area contributed by atoms with Crippen molar-refractivity contribution in [3.63, 3.8) is 0 Å². The first-order valence-corrected chi connectivity index (χ1v) is 10.4. The Bertz CT molecular complexity index is 270. The van der Waals surface area contributed by atoms with E-state index in [1.807, 2.05) is 20.9 Å². The van der Waals surface area contributed by atoms with Crippen LogP contribution in [-0.2, 0) is 9.47 Å². The third-order valence-corrected chi connectivity index (χ3v) is 5.13. The molecule has 0 fully saturated rings. The molecule has 0 saturated heterocycles. The maximum absolute atomic E-state index is 5.69. The van der Waals surface area contributed by atoms with Crippen molar-refractivity contribution >= 4 is 0 Å². The second-order valence-corrected chi connectivity index (χ2v) is 6.83. The first-order valence-electron chi connectivity index (χ1n) is 10.4. The number of nitrogens with one attached hydrogen (secondary N) is 3. The molecule has 0 aliphatic heterocycles. The maximum atomic E-state index is 5.69. The molecule has 5 heteroatoms. The molecule has 2 unspecified atom stereocenters. The third kappa shape index (κ3) is 11.9. The zero-order chi connectivity index (χ0) is 18.9. The van der Waals surface area contributed by atoms with Crippen LogP contribution in [0.1, 0.15) is 65.7 Å². The van der Waals surface area contributed by atoms with Crippen LogP contribution < -0.4 is 16.0 Å². The quantitative estimate of drug-likeness (QED) is 0.259. The lowest BCUT2D eigenvalue weighted by Gasteiger charge is -2.28. The van der Waals surface area contributed by atoms with E-state index in [-0.39, 0.29) is 6.29 Å². The Kier molecular flexibility index (Phi) is 17.1. The molecule has 152 valence electrons. The molecule has 5 nitrogen and oxygen atoms in total. The lowest BCUT2D eigenvalue weighted by atomic mass is 9.87. The molecule has 0 radical (unpaired) electrons. The fourth-order valence-electron chi connectivity index (χ4n) is 3.60. The smallest absolute Gasteiger partial charge is 0.157 e. The molecule has 0 aliphatic rings. The molecular formula is C20H45N3O2. The van der Waals surface area contributed by atoms with E-state index in [9.17, 15) is 0 Å². The van der Waals surface area contributed by atoms with E-state index in [0.717, 1.165) is 32.1 Å². The van der Waals surface area contributed by atoms with E-state index >= 15 is 0 Å². The van der Waals surface area contributed by atoms with Crippen molar-refractivity contribution in [3.05, 3.63) is 0 Å². The summed E-state index contributed by atoms with van der Waals surface area (Å²) in [6.07, 6.45) is 8.83. The minimum absolute atomic E-state index is 0.0298. The molecule has 2 atom stereocenters. The van der Waals surface area contributed by atoms with Crippen molar-refractivity contribution < 1.29 is 9.47 Å². The van der Waals surface area contributed by atoms with Crippen LogP contribution in [0.15, 0.2) is 0 Å². The molecule has 25 heavy (non-hydrogen) atoms. The molecule has 0 saturated carbocycles. The molecule has 0 heterocycles. The van der Waals surface area contributed by atoms with Crippen molar-refractivity contribution in [1.29, 1.82) is 0 Å². The van der Waals surface area contributed by atoms with Gasteiger partial charge in [-0.05, 0) is 85.5 Å². The largest absolute Gasteiger partial charge is 0.353 e. The van der Waals surface area contributed by atoms with Crippen molar-refractivity contribution in [2.24, 2.45) is 11.8 Å². The highest BCUT2D eigenvalue weighted by atomic mass is 16.7. The van der Waals surface area contributed by atoms with Crippen LogP contribution in [0.2, 0.25) is 0 Å². The summed E-state index contributed by atoms with van der Waals surface area (Å²) in [7, 11) is 6.14. The molecule has 0 aliphatic carbocycles. The number of hydrogen-bond donors (Lipinski definition) is 3. The van der Waals surface area contributed by atoms with Crippen molar-refractivity contribution in [1.82, 2.24) is 16.0 Å². The van der Waals surface area contributed by atoms with E-state index in [0.29, 0.717) is 12.1 Å². The van der Waals surface area contributed by atoms with Gasteiger partial charge in [-0.1, -0.05) is 19.8 Å². The first kappa shape index (κ1) is 24.8. The van der Waals surface area contributed by atoms with Crippen LogP contribution in [-0.4, -0.2) is 53.4 Å². The van der Waals surface area contributed by atoms with Crippen LogP contribution in [0.3, 0.4) is 0 Å². The zero-order valence-corrected chi connectivity index (χ0v) is 17.7. The molecule has 0 aromatic rings. The van der Waals surface area contributed by atoms with Gasteiger partial charge >= 0.3 is 0 Å². The van der Waals surface area contributed by atoms with Gasteiger partial charge in [0.05, 0.1) is 6.17 Å². The Labute approximate surface area is 157 Å². The summed E-state index contributed by atoms with van der Waals surface area (Å²) in [5.41, 5.74) is 0. The van der Waals surface area contributed by atoms with Gasteiger partial charge in [0.1, 0.15) is 0 Å². The maximum Gasteiger partial charge on any atom is 0.157 e. The second kappa shape index (κ2) is 17.2. The Morgan fingerprint density at radius 1 is 0.760 bits per heavy atom. The summed E-state index contributed by atoms with van der Waals surface area (Å²) in [5.74, 6) is 1.43. The summed E-state index contributed by atoms with van der Waals surface area (Å²) in [5, 5.41) is 10.1. The average Bonchev–Trinajstić information content (AvgIpc) is 2.62. The standard InChI is InChI=1S/C20H45N3O2/c1-7-17(13-15-19(24-8-2)25-9-3)12-14-18(11-10-16-21-4)20(22-5)23-6/h17-23H,7-16H2,1-6H3. The monoisotopic (exact) mass is 359 g/mol. The fraction of sp³-hybridized carbons (Fsp3) is 1.00. The van der Waals surface area contributed by atoms with Gasteiger partial charge in [-0.3, -0.25) is 0 Å². The Morgan fingerprint density at radius 3 is 1.84 bits per heavy atom. The zero-order valence-electron chi connectivity index (χ0n) is 17.7. The highest BCUT2D eigenvalue weighted by molar-refractivity contribution is 4.74. The van der Waals surface area contributed by atoms with Crippen molar-refractivity contribution in [2.75, 3.05) is 40.9 Å². The summed E-state index contributed by atoms with van der Waals surface area (Å²) in [6, 6.07) is 0. The van der Waals surface area contributed by atoms with Gasteiger partial charge in [0.2, 0.25) is 0 Å². The summed E-state index contributed by atoms with van der Waals surface area (Å²) in [6.45, 7) is 8.92. The Morgan fingerprint density at radius 2 is 1.36 bits per heavy atom. The van der Waals surface area contributed by atoms with E-state index in [2.05, 4.69) is 37.0 Å². The van der Waals surface area contributed by atoms with Gasteiger partial charge in [-0.25, -0.2) is 0 Å². The summed E-state index contributed by atoms with van der Waals surface area (Å²) < 4.78 is 11.4. The lowest BCUT2D eigenvalue weighted by molar-refractivity contribution is -0.141. The lowest BCUT2D eigenvalue weighted by Crippen LogP contribution is -2.44. The topological polar surface area (TPSA) is 54.5 Å². The SMILES string of the molecule is CCOC(CCC(CC)CCC(CCCNC)C(NC)NC)OCC. The highest BCUT2D eigenvalue weighted by Crippen LogP contribution is 2.25. The fourth-order valence-corrected chi connectivity index (χ4v) is 3.60. The number of ether oxygens (including phenoxy) is 2. The molecule has 3 N–H and O–H groups in total. The van der Waals surface area contributed by atoms with Gasteiger partial charge < -0.3 is 25.4 Å². The minimum atomic E-state index is -0.0298. The van der Waals surface area contributed by atoms with E-state index in [4.69, 9.17) is 9.47 Å². The average molecular weight is 360 g/mol. The molecule has 0 amide bonds. The van der Waals surface area contributed by atoms with Gasteiger partial charge in [0.25, 0.3) is 0 Å². The van der Waals surface area contributed by atoms with Crippen LogP contribution in [0.4, 0.5) is 0 Å². The second-order valence-electron chi connectivity index (χ2n) is 6.83. The van der Waals surface area contributed by atoms with Crippen molar-refractivity contribution in [3.8, 4) is 0 Å². The summed E-state index contributed by atoms with van der Waals surface area (Å²) in [4.78, 5) is 0. The van der Waals surface area contributed by atoms with Crippen LogP contribution in [0.5, 0.6) is 0 Å². The molecule has 0 rings (SSSR count). The van der Waals surface area contributed by atoms with Gasteiger partial charge in [0.15, 0.2) is 6.29 Å². The Hall–Kier alpha value is -0.200. The number of hydrogen-bond acceptors (Lipinski definition) is 5. The molecule has 0 aromatic carbocycles. The molecule has 0 bridgehead atoms. The van der Waals surface area contributed by atoms with E-state index in [1.54, 1.807) is 0 Å². The first-order chi connectivity index (χ1) is 12.2.